The minimum absolute atomic E-state index is 0.0923. The van der Waals surface area contributed by atoms with Gasteiger partial charge in [0.25, 0.3) is 5.72 Å². The first-order chi connectivity index (χ1) is 16.0. The molecule has 1 aliphatic rings. The molecular formula is C19H22N5O9P. The van der Waals surface area contributed by atoms with Crippen molar-refractivity contribution in [3.63, 3.8) is 0 Å². The van der Waals surface area contributed by atoms with Crippen LogP contribution in [0.1, 0.15) is 6.92 Å². The lowest BCUT2D eigenvalue weighted by molar-refractivity contribution is -0.138. The number of rotatable bonds is 9. The van der Waals surface area contributed by atoms with Crippen molar-refractivity contribution in [3.05, 3.63) is 53.1 Å². The second-order valence-electron chi connectivity index (χ2n) is 7.29. The molecule has 14 nitrogen and oxygen atoms in total. The molecule has 15 heteroatoms. The van der Waals surface area contributed by atoms with Crippen LogP contribution >= 0.6 is 7.75 Å². The van der Waals surface area contributed by atoms with Gasteiger partial charge in [-0.05, 0) is 25.1 Å². The summed E-state index contributed by atoms with van der Waals surface area (Å²) in [6.07, 6.45) is -4.12. The molecule has 0 spiro atoms. The highest BCUT2D eigenvalue weighted by Gasteiger charge is 2.57. The molecule has 1 aliphatic heterocycles. The number of carbonyl (C=O) groups is 1. The molecule has 2 heterocycles. The molecule has 0 radical (unpaired) electrons. The van der Waals surface area contributed by atoms with Gasteiger partial charge in [0.1, 0.15) is 42.0 Å². The number of nitrogens with one attached hydrogen (secondary N) is 1. The van der Waals surface area contributed by atoms with Crippen LogP contribution in [0.4, 0.5) is 5.82 Å². The van der Waals surface area contributed by atoms with Crippen LogP contribution in [-0.4, -0.2) is 61.8 Å². The number of nitrogens with zero attached hydrogens (tertiary/aromatic N) is 3. The topological polar surface area (TPSA) is 219 Å². The zero-order valence-electron chi connectivity index (χ0n) is 17.7. The van der Waals surface area contributed by atoms with Crippen LogP contribution in [0.25, 0.3) is 0 Å². The van der Waals surface area contributed by atoms with Crippen LogP contribution in [0.2, 0.25) is 0 Å². The highest BCUT2D eigenvalue weighted by molar-refractivity contribution is 7.52. The Labute approximate surface area is 192 Å². The Morgan fingerprint density at radius 1 is 1.41 bits per heavy atom. The first-order valence-corrected chi connectivity index (χ1v) is 11.4. The molecule has 0 bridgehead atoms. The van der Waals surface area contributed by atoms with Gasteiger partial charge in [-0.1, -0.05) is 18.2 Å². The number of nitrogen functional groups attached to an aromatic ring is 1. The first kappa shape index (κ1) is 25.3. The Balaban J connectivity index is 1.85. The summed E-state index contributed by atoms with van der Waals surface area (Å²) < 4.78 is 30.1. The van der Waals surface area contributed by atoms with Crippen molar-refractivity contribution < 1.29 is 38.5 Å². The van der Waals surface area contributed by atoms with Gasteiger partial charge in [-0.3, -0.25) is 13.9 Å². The lowest BCUT2D eigenvalue weighted by atomic mass is 10.0. The number of ether oxygens (including phenoxy) is 1. The number of nitriles is 1. The van der Waals surface area contributed by atoms with Gasteiger partial charge in [-0.25, -0.2) is 9.36 Å². The van der Waals surface area contributed by atoms with Crippen LogP contribution < -0.4 is 21.0 Å². The molecule has 2 aromatic rings. The smallest absolute Gasteiger partial charge is 0.459 e. The summed E-state index contributed by atoms with van der Waals surface area (Å²) in [5.41, 5.74) is 2.03. The van der Waals surface area contributed by atoms with Gasteiger partial charge in [0.2, 0.25) is 0 Å². The maximum absolute atomic E-state index is 13.3. The van der Waals surface area contributed by atoms with Crippen LogP contribution in [0.5, 0.6) is 5.75 Å². The number of anilines is 1. The number of hydrogen-bond acceptors (Lipinski definition) is 11. The second-order valence-corrected chi connectivity index (χ2v) is 8.99. The van der Waals surface area contributed by atoms with Gasteiger partial charge in [0.05, 0.1) is 6.61 Å². The lowest BCUT2D eigenvalue weighted by Crippen LogP contribution is -2.49. The van der Waals surface area contributed by atoms with Gasteiger partial charge >= 0.3 is 19.4 Å². The van der Waals surface area contributed by atoms with E-state index >= 15 is 0 Å². The molecule has 0 unspecified atom stereocenters. The Morgan fingerprint density at radius 2 is 2.09 bits per heavy atom. The number of aromatic nitrogens is 2. The molecule has 1 aromatic heterocycles. The van der Waals surface area contributed by atoms with Crippen molar-refractivity contribution in [1.29, 1.82) is 5.26 Å². The summed E-state index contributed by atoms with van der Waals surface area (Å²) >= 11 is 0. The number of carboxylic acid groups (broad SMARTS) is 1. The van der Waals surface area contributed by atoms with Gasteiger partial charge in [-0.2, -0.15) is 15.3 Å². The predicted octanol–water partition coefficient (Wildman–Crippen LogP) is -0.611. The third kappa shape index (κ3) is 5.10. The van der Waals surface area contributed by atoms with E-state index in [0.717, 1.165) is 6.20 Å². The maximum Gasteiger partial charge on any atom is 0.459 e. The number of aliphatic hydroxyl groups is 2. The monoisotopic (exact) mass is 495 g/mol. The fourth-order valence-corrected chi connectivity index (χ4v) is 4.63. The third-order valence-electron chi connectivity index (χ3n) is 4.88. The molecule has 6 atom stereocenters. The lowest BCUT2D eigenvalue weighted by Gasteiger charge is -2.26. The summed E-state index contributed by atoms with van der Waals surface area (Å²) in [5.74, 6) is -1.39. The molecule has 0 amide bonds. The third-order valence-corrected chi connectivity index (χ3v) is 6.52. The summed E-state index contributed by atoms with van der Waals surface area (Å²) in [6.45, 7) is 0.487. The van der Waals surface area contributed by atoms with E-state index < -0.39 is 56.1 Å². The largest absolute Gasteiger partial charge is 0.480 e. The predicted molar refractivity (Wildman–Crippen MR) is 114 cm³/mol. The molecular weight excluding hydrogens is 473 g/mol. The molecule has 182 valence electrons. The fourth-order valence-electron chi connectivity index (χ4n) is 3.13. The zero-order chi connectivity index (χ0) is 25.1. The minimum Gasteiger partial charge on any atom is -0.480 e. The van der Waals surface area contributed by atoms with E-state index in [1.54, 1.807) is 24.3 Å². The van der Waals surface area contributed by atoms with Crippen molar-refractivity contribution in [3.8, 4) is 11.8 Å². The van der Waals surface area contributed by atoms with E-state index in [2.05, 4.69) is 10.1 Å². The van der Waals surface area contributed by atoms with Crippen LogP contribution in [-0.2, 0) is 24.3 Å². The maximum atomic E-state index is 13.3. The number of para-hydroxylation sites is 1. The van der Waals surface area contributed by atoms with E-state index in [0.29, 0.717) is 4.57 Å². The standard InChI is InChI=1S/C19H22N5O9P/c1-11(17(27)28)23-34(30,33-12-5-3-2-4-6-12)31-9-13-15(25)16(26)19(10-20,32-13)24-8-7-14(21)22-18(24)29/h2-8,11,13,15-16,25-26H,9H2,1H3,(H,23,30)(H,27,28)(H2,21,22,29)/t11-,13+,15+,16+,19+,34-/m0/s1. The molecule has 1 fully saturated rings. The highest BCUT2D eigenvalue weighted by atomic mass is 31.2. The van der Waals surface area contributed by atoms with Crippen molar-refractivity contribution in [1.82, 2.24) is 14.6 Å². The van der Waals surface area contributed by atoms with Crippen molar-refractivity contribution in [2.45, 2.75) is 37.0 Å². The highest BCUT2D eigenvalue weighted by Crippen LogP contribution is 2.46. The Hall–Kier alpha value is -3.31. The molecule has 0 aliphatic carbocycles. The molecule has 6 N–H and O–H groups in total. The van der Waals surface area contributed by atoms with E-state index in [4.69, 9.17) is 24.6 Å². The summed E-state index contributed by atoms with van der Waals surface area (Å²) in [4.78, 5) is 27.0. The summed E-state index contributed by atoms with van der Waals surface area (Å²) in [6, 6.07) is 9.23. The van der Waals surface area contributed by atoms with Crippen molar-refractivity contribution in [2.75, 3.05) is 12.3 Å². The minimum atomic E-state index is -4.37. The van der Waals surface area contributed by atoms with Gasteiger partial charge in [0, 0.05) is 6.20 Å². The zero-order valence-corrected chi connectivity index (χ0v) is 18.6. The average molecular weight is 495 g/mol. The second kappa shape index (κ2) is 9.90. The normalized spacial score (nSPS) is 26.8. The van der Waals surface area contributed by atoms with E-state index in [1.165, 1.54) is 25.1 Å². The van der Waals surface area contributed by atoms with Gasteiger partial charge in [-0.15, -0.1) is 0 Å². The van der Waals surface area contributed by atoms with E-state index in [-0.39, 0.29) is 11.6 Å². The molecule has 1 aromatic carbocycles. The molecule has 3 rings (SSSR count). The number of nitrogens with two attached hydrogens (primary N) is 1. The molecule has 34 heavy (non-hydrogen) atoms. The Kier molecular flexibility index (Phi) is 7.37. The molecule has 1 saturated heterocycles. The number of hydrogen-bond donors (Lipinski definition) is 5. The summed E-state index contributed by atoms with van der Waals surface area (Å²) in [5, 5.41) is 42.1. The van der Waals surface area contributed by atoms with Crippen LogP contribution in [0, 0.1) is 11.3 Å². The number of aliphatic carboxylic acids is 1. The SMILES string of the molecule is C[C@H](N[P@](=O)(OC[C@H]1O[C@@](C#N)(n2ccc(N)nc2=O)[C@H](O)[C@@H]1O)Oc1ccccc1)C(=O)O. The number of carboxylic acids is 1. The van der Waals surface area contributed by atoms with Crippen LogP contribution in [0.15, 0.2) is 47.4 Å². The van der Waals surface area contributed by atoms with Gasteiger partial charge < -0.3 is 30.3 Å². The van der Waals surface area contributed by atoms with Crippen molar-refractivity contribution in [2.24, 2.45) is 0 Å². The van der Waals surface area contributed by atoms with E-state index in [1.807, 2.05) is 0 Å². The quantitative estimate of drug-likeness (QED) is 0.274. The Bertz CT molecular complexity index is 1190. The summed E-state index contributed by atoms with van der Waals surface area (Å²) in [7, 11) is -4.37. The Morgan fingerprint density at radius 3 is 2.68 bits per heavy atom. The molecule has 0 saturated carbocycles. The van der Waals surface area contributed by atoms with E-state index in [9.17, 15) is 29.6 Å². The number of aliphatic hydroxyl groups excluding tert-OH is 2. The average Bonchev–Trinajstić information content (AvgIpc) is 3.03. The number of benzene rings is 1. The van der Waals surface area contributed by atoms with Gasteiger partial charge in [0.15, 0.2) is 0 Å². The fraction of sp³-hybridized carbons (Fsp3) is 0.368. The van der Waals surface area contributed by atoms with Crippen LogP contribution in [0.3, 0.4) is 0 Å². The van der Waals surface area contributed by atoms with Crippen molar-refractivity contribution >= 4 is 19.5 Å². The first-order valence-electron chi connectivity index (χ1n) is 9.82.